The van der Waals surface area contributed by atoms with E-state index in [4.69, 9.17) is 4.65 Å². The van der Waals surface area contributed by atoms with Crippen LogP contribution in [0.15, 0.2) is 121 Å². The molecule has 0 unspecified atom stereocenters. The zero-order chi connectivity index (χ0) is 21.2. The van der Waals surface area contributed by atoms with E-state index in [1.807, 2.05) is 37.3 Å². The third-order valence-corrected chi connectivity index (χ3v) is 6.47. The molecular weight excluding hydrogens is 427 g/mol. The Morgan fingerprint density at radius 2 is 0.933 bits per heavy atom. The summed E-state index contributed by atoms with van der Waals surface area (Å²) >= 11 is 0. The van der Waals surface area contributed by atoms with Crippen molar-refractivity contribution in [3.05, 3.63) is 135 Å². The van der Waals surface area contributed by atoms with Crippen LogP contribution in [0.5, 0.6) is 0 Å². The van der Waals surface area contributed by atoms with Gasteiger partial charge in [0.2, 0.25) is 0 Å². The van der Waals surface area contributed by atoms with Crippen LogP contribution < -0.4 is 15.9 Å². The molecule has 0 aromatic heterocycles. The number of benzene rings is 3. The van der Waals surface area contributed by atoms with Gasteiger partial charge in [-0.25, -0.2) is 12.1 Å². The standard InChI is InChI=1S/C18H15P.C5H5.C3H7.CO.Fe/c1-4-10-16(11-5-1)19(17-12-6-2-7-13-17)18-14-8-3-9-15-18;1-2-4-5-3-1;1-3-2;1-2;/h1-15H;1-5H;1,3H2,2H3;;/q;2*-1;;/p+1. The third kappa shape index (κ3) is 10.5. The predicted octanol–water partition coefficient (Wildman–Crippen LogP) is 5.77. The van der Waals surface area contributed by atoms with Crippen molar-refractivity contribution in [1.82, 2.24) is 0 Å². The van der Waals surface area contributed by atoms with E-state index in [-0.39, 0.29) is 17.1 Å². The molecule has 4 aromatic carbocycles. The Morgan fingerprint density at radius 3 is 1.13 bits per heavy atom. The molecule has 0 aliphatic carbocycles. The Hall–Kier alpha value is -2.30. The summed E-state index contributed by atoms with van der Waals surface area (Å²) in [5.41, 5.74) is 0. The topological polar surface area (TPSA) is 19.9 Å². The molecule has 0 amide bonds. The maximum atomic E-state index is 7.50. The first kappa shape index (κ1) is 27.7. The van der Waals surface area contributed by atoms with Gasteiger partial charge in [0.05, 0.1) is 7.92 Å². The summed E-state index contributed by atoms with van der Waals surface area (Å²) in [6, 6.07) is 42.5. The van der Waals surface area contributed by atoms with Crippen molar-refractivity contribution in [2.24, 2.45) is 0 Å². The molecule has 1 nitrogen and oxygen atoms in total. The fourth-order valence-corrected chi connectivity index (χ4v) is 5.21. The molecule has 0 aliphatic rings. The molecule has 0 N–H and O–H groups in total. The molecule has 0 fully saturated rings. The van der Waals surface area contributed by atoms with Gasteiger partial charge in [-0.2, -0.15) is 24.6 Å². The van der Waals surface area contributed by atoms with Crippen LogP contribution in [0.2, 0.25) is 0 Å². The summed E-state index contributed by atoms with van der Waals surface area (Å²) in [5.74, 6) is 0. The van der Waals surface area contributed by atoms with Gasteiger partial charge in [0.25, 0.3) is 0 Å². The van der Waals surface area contributed by atoms with Crippen LogP contribution in [-0.4, -0.2) is 0 Å². The Bertz CT molecular complexity index is 749. The van der Waals surface area contributed by atoms with Crippen LogP contribution >= 0.6 is 7.92 Å². The molecular formula is C27H28FeOP-. The number of hydrogen-bond donors (Lipinski definition) is 0. The Morgan fingerprint density at radius 1 is 0.667 bits per heavy atom. The maximum Gasteiger partial charge on any atom is 0.102 e. The van der Waals surface area contributed by atoms with Crippen molar-refractivity contribution in [2.75, 3.05) is 0 Å². The minimum atomic E-state index is -0.877. The fourth-order valence-electron chi connectivity index (χ4n) is 2.64. The largest absolute Gasteiger partial charge is 0.344 e. The van der Waals surface area contributed by atoms with Crippen molar-refractivity contribution in [3.63, 3.8) is 0 Å². The third-order valence-electron chi connectivity index (χ3n) is 3.74. The van der Waals surface area contributed by atoms with Crippen molar-refractivity contribution < 1.29 is 21.7 Å². The van der Waals surface area contributed by atoms with Crippen LogP contribution in [0.3, 0.4) is 0 Å². The van der Waals surface area contributed by atoms with E-state index in [1.165, 1.54) is 15.9 Å². The van der Waals surface area contributed by atoms with Crippen molar-refractivity contribution in [3.8, 4) is 0 Å². The van der Waals surface area contributed by atoms with Crippen LogP contribution in [0.4, 0.5) is 0 Å². The van der Waals surface area contributed by atoms with Gasteiger partial charge in [-0.3, -0.25) is 0 Å². The monoisotopic (exact) mass is 455 g/mol. The molecule has 0 saturated heterocycles. The average Bonchev–Trinajstić information content (AvgIpc) is 3.39. The second kappa shape index (κ2) is 18.7. The quantitative estimate of drug-likeness (QED) is 0.162. The first-order chi connectivity index (χ1) is 14.4. The predicted molar refractivity (Wildman–Crippen MR) is 128 cm³/mol. The summed E-state index contributed by atoms with van der Waals surface area (Å²) in [5, 5.41) is 4.31. The zero-order valence-corrected chi connectivity index (χ0v) is 19.3. The van der Waals surface area contributed by atoms with Gasteiger partial charge in [0.15, 0.2) is 0 Å². The van der Waals surface area contributed by atoms with Crippen molar-refractivity contribution >= 4 is 23.8 Å². The maximum absolute atomic E-state index is 7.50. The first-order valence-corrected chi connectivity index (χ1v) is 11.1. The van der Waals surface area contributed by atoms with Gasteiger partial charge in [-0.15, -0.1) is 0 Å². The van der Waals surface area contributed by atoms with Crippen LogP contribution in [0, 0.1) is 13.6 Å². The number of rotatable bonds is 3. The molecule has 0 bridgehead atoms. The average molecular weight is 455 g/mol. The Kier molecular flexibility index (Phi) is 17.3. The Labute approximate surface area is 193 Å². The minimum absolute atomic E-state index is 0. The van der Waals surface area contributed by atoms with Gasteiger partial charge in [-0.05, 0) is 36.4 Å². The number of hydrogen-bond acceptors (Lipinski definition) is 0. The van der Waals surface area contributed by atoms with Gasteiger partial charge in [0.1, 0.15) is 15.9 Å². The van der Waals surface area contributed by atoms with Crippen LogP contribution in [0.25, 0.3) is 0 Å². The molecule has 0 radical (unpaired) electrons. The molecule has 0 atom stereocenters. The molecule has 4 aromatic rings. The molecule has 0 saturated carbocycles. The normalized spacial score (nSPS) is 8.70. The van der Waals surface area contributed by atoms with E-state index in [0.29, 0.717) is 0 Å². The van der Waals surface area contributed by atoms with Gasteiger partial charge >= 0.3 is 11.3 Å². The molecule has 0 heterocycles. The van der Waals surface area contributed by atoms with Gasteiger partial charge in [0, 0.05) is 17.1 Å². The second-order valence-electron chi connectivity index (χ2n) is 5.94. The second-order valence-corrected chi connectivity index (χ2v) is 8.42. The molecule has 156 valence electrons. The van der Waals surface area contributed by atoms with E-state index in [9.17, 15) is 0 Å². The smallest absolute Gasteiger partial charge is 0.102 e. The summed E-state index contributed by atoms with van der Waals surface area (Å²) in [6.07, 6.45) is 1.00. The van der Waals surface area contributed by atoms with E-state index in [0.717, 1.165) is 6.42 Å². The molecule has 30 heavy (non-hydrogen) atoms. The summed E-state index contributed by atoms with van der Waals surface area (Å²) in [4.78, 5) is 0. The first-order valence-electron chi connectivity index (χ1n) is 9.56. The molecule has 3 heteroatoms. The Balaban J connectivity index is 0.000000643. The van der Waals surface area contributed by atoms with Crippen LogP contribution in [-0.2, 0) is 21.7 Å². The summed E-state index contributed by atoms with van der Waals surface area (Å²) < 4.78 is 7.50. The summed E-state index contributed by atoms with van der Waals surface area (Å²) in [6.45, 7) is 10.0. The van der Waals surface area contributed by atoms with E-state index < -0.39 is 7.92 Å². The van der Waals surface area contributed by atoms with E-state index >= 15 is 0 Å². The SMILES string of the molecule is [C-]#[O+].[CH2-]CC.[Fe].c1cc[cH-]c1.c1ccc([PH+](c2ccccc2)c2ccccc2)cc1. The summed E-state index contributed by atoms with van der Waals surface area (Å²) in [7, 11) is -0.877. The van der Waals surface area contributed by atoms with E-state index in [1.54, 1.807) is 0 Å². The fraction of sp³-hybridized carbons (Fsp3) is 0.0741. The molecule has 0 spiro atoms. The molecule has 0 aliphatic heterocycles. The van der Waals surface area contributed by atoms with Crippen LogP contribution in [0.1, 0.15) is 13.3 Å². The van der Waals surface area contributed by atoms with Crippen molar-refractivity contribution in [2.45, 2.75) is 13.3 Å². The molecule has 4 rings (SSSR count). The minimum Gasteiger partial charge on any atom is -0.344 e. The van der Waals surface area contributed by atoms with Crippen molar-refractivity contribution in [1.29, 1.82) is 0 Å². The van der Waals surface area contributed by atoms with Gasteiger partial charge < -0.3 is 6.92 Å². The van der Waals surface area contributed by atoms with Gasteiger partial charge in [-0.1, -0.05) is 61.5 Å². The zero-order valence-electron chi connectivity index (χ0n) is 17.2. The van der Waals surface area contributed by atoms with E-state index in [2.05, 4.69) is 105 Å².